The van der Waals surface area contributed by atoms with E-state index in [0.717, 1.165) is 110 Å². The zero-order chi connectivity index (χ0) is 90.4. The summed E-state index contributed by atoms with van der Waals surface area (Å²) >= 11 is 3.56. The van der Waals surface area contributed by atoms with Gasteiger partial charge in [-0.15, -0.1) is 11.8 Å². The van der Waals surface area contributed by atoms with Crippen molar-refractivity contribution >= 4 is 29.5 Å². The lowest BCUT2D eigenvalue weighted by atomic mass is 9.75. The first-order valence-electron chi connectivity index (χ1n) is 44.2. The first kappa shape index (κ1) is 101. The van der Waals surface area contributed by atoms with Crippen LogP contribution in [0.15, 0.2) is 72.8 Å². The van der Waals surface area contributed by atoms with Gasteiger partial charge in [0.1, 0.15) is 39.7 Å². The molecule has 7 rings (SSSR count). The van der Waals surface area contributed by atoms with Gasteiger partial charge in [-0.2, -0.15) is 11.8 Å². The summed E-state index contributed by atoms with van der Waals surface area (Å²) in [6, 6.07) is 26.6. The predicted octanol–water partition coefficient (Wildman–Crippen LogP) is 30.4. The van der Waals surface area contributed by atoms with Crippen molar-refractivity contribution in [3.63, 3.8) is 0 Å². The number of hydrogen-bond acceptors (Lipinski definition) is 9. The molecule has 0 radical (unpaired) electrons. The predicted molar refractivity (Wildman–Crippen MR) is 514 cm³/mol. The van der Waals surface area contributed by atoms with Gasteiger partial charge in [0.15, 0.2) is 0 Å². The third-order valence-electron chi connectivity index (χ3n) is 23.8. The second-order valence-corrected chi connectivity index (χ2v) is 50.0. The molecule has 0 heterocycles. The minimum absolute atomic E-state index is 0.120. The van der Waals surface area contributed by atoms with Crippen molar-refractivity contribution in [3.05, 3.63) is 206 Å². The molecule has 0 aliphatic rings. The third-order valence-corrected chi connectivity index (χ3v) is 26.2. The van der Waals surface area contributed by atoms with Crippen molar-refractivity contribution < 1.29 is 35.1 Å². The number of esters is 1. The summed E-state index contributed by atoms with van der Waals surface area (Å²) in [5.74, 6) is 5.53. The topological polar surface area (TPSA) is 127 Å². The molecule has 1 unspecified atom stereocenters. The van der Waals surface area contributed by atoms with Crippen LogP contribution in [0.1, 0.15) is 429 Å². The van der Waals surface area contributed by atoms with Crippen LogP contribution in [0, 0.1) is 26.7 Å². The van der Waals surface area contributed by atoms with E-state index in [2.05, 4.69) is 357 Å². The van der Waals surface area contributed by atoms with Crippen LogP contribution in [0.2, 0.25) is 0 Å². The van der Waals surface area contributed by atoms with Crippen molar-refractivity contribution in [3.8, 4) is 34.5 Å². The summed E-state index contributed by atoms with van der Waals surface area (Å²) in [7, 11) is 0. The summed E-state index contributed by atoms with van der Waals surface area (Å²) < 4.78 is 7.01. The van der Waals surface area contributed by atoms with E-state index in [1.165, 1.54) is 67.6 Å². The van der Waals surface area contributed by atoms with Gasteiger partial charge in [0.05, 0.1) is 0 Å². The molecule has 0 saturated heterocycles. The number of phenolic OH excluding ortho intramolecular Hbond substituents is 5. The van der Waals surface area contributed by atoms with Crippen molar-refractivity contribution in [1.82, 2.24) is 0 Å². The van der Waals surface area contributed by atoms with Crippen LogP contribution in [-0.2, 0) is 106 Å². The van der Waals surface area contributed by atoms with Crippen LogP contribution in [0.4, 0.5) is 0 Å². The molecule has 7 aromatic rings. The number of unbranched alkanes of at least 4 members (excludes halogenated alkanes) is 2. The number of benzene rings is 7. The Kier molecular flexibility index (Phi) is 31.2. The second kappa shape index (κ2) is 36.6. The Morgan fingerprint density at radius 2 is 0.483 bits per heavy atom. The number of carbonyl (C=O) groups is 1. The summed E-state index contributed by atoms with van der Waals surface area (Å²) in [5.41, 5.74) is 23.8. The molecule has 0 amide bonds. The molecule has 0 aliphatic heterocycles. The molecule has 0 saturated carbocycles. The van der Waals surface area contributed by atoms with Gasteiger partial charge >= 0.3 is 5.97 Å². The van der Waals surface area contributed by atoms with Crippen molar-refractivity contribution in [2.45, 2.75) is 423 Å². The van der Waals surface area contributed by atoms with Gasteiger partial charge in [-0.05, 0) is 240 Å². The fourth-order valence-electron chi connectivity index (χ4n) is 16.4. The van der Waals surface area contributed by atoms with Crippen molar-refractivity contribution in [2.24, 2.45) is 5.92 Å². The first-order chi connectivity index (χ1) is 53.2. The highest BCUT2D eigenvalue weighted by molar-refractivity contribution is 7.99. The van der Waals surface area contributed by atoms with Gasteiger partial charge in [0.25, 0.3) is 0 Å². The zero-order valence-corrected chi connectivity index (χ0v) is 83.9. The number of aromatic hydroxyl groups is 5. The van der Waals surface area contributed by atoms with E-state index < -0.39 is 0 Å². The maximum absolute atomic E-state index is 15.3. The maximum Gasteiger partial charge on any atom is 0.324 e. The highest BCUT2D eigenvalue weighted by atomic mass is 32.2. The quantitative estimate of drug-likeness (QED) is 0.0272. The summed E-state index contributed by atoms with van der Waals surface area (Å²) in [6.45, 7) is 90.0. The van der Waals surface area contributed by atoms with Crippen LogP contribution in [0.3, 0.4) is 0 Å². The van der Waals surface area contributed by atoms with Gasteiger partial charge in [-0.25, -0.2) is 0 Å². The lowest BCUT2D eigenvalue weighted by Gasteiger charge is -2.31. The molecule has 0 fully saturated rings. The number of ether oxygens (including phenoxy) is 1. The number of thioether (sulfide) groups is 2. The van der Waals surface area contributed by atoms with E-state index in [1.807, 2.05) is 11.8 Å². The number of rotatable bonds is 21. The molecule has 9 heteroatoms. The number of hydrogen-bond donors (Lipinski definition) is 5. The third kappa shape index (κ3) is 25.7. The molecular formula is C109H164O7S2. The standard InChI is InChI=1S/C79H118O5S.C30H46O2S/c1-47(2)33-31-30-32-34-66(85-46-54-44-62(76(18,19)20)69(82)63(45-54)77(21,22)23)71(83)84-70-64(78(24,25)26)42-53(43-65(70)79(27,28)29)37-57-49(4)55(35-51-38-58(72(6,7)8)67(80)59(39-51)73(9,10)11)48(3)56(50(57)5)36-52-40-60(74(12,13)14)68(81)61(41-52)75(15,16)17;1-27(2,3)21-13-19(14-22(25(21)31)28(4,5)6)17-33-18-20-15-23(29(7,8)9)26(32)24(16-20)30(10,11)12/h38-45,47,66,80-82H,30-37,46H2,1-29H3;13-16,31-32H,17-18H2,1-12H3. The number of carbonyl (C=O) groups excluding carboxylic acids is 1. The molecule has 1 atom stereocenters. The zero-order valence-electron chi connectivity index (χ0n) is 82.2. The van der Waals surface area contributed by atoms with E-state index in [9.17, 15) is 25.5 Å². The van der Waals surface area contributed by atoms with Gasteiger partial charge < -0.3 is 30.3 Å². The van der Waals surface area contributed by atoms with Gasteiger partial charge in [-0.3, -0.25) is 4.79 Å². The van der Waals surface area contributed by atoms with E-state index in [4.69, 9.17) is 4.74 Å². The minimum atomic E-state index is -0.390. The molecule has 654 valence electrons. The first-order valence-corrected chi connectivity index (χ1v) is 46.4. The fourth-order valence-corrected chi connectivity index (χ4v) is 18.4. The largest absolute Gasteiger partial charge is 0.507 e. The lowest BCUT2D eigenvalue weighted by Crippen LogP contribution is -2.28. The Morgan fingerprint density at radius 3 is 0.695 bits per heavy atom. The molecule has 0 aliphatic carbocycles. The normalized spacial score (nSPS) is 13.6. The SMILES string of the molecule is CC(C)(C)c1cc(CSCc2cc(C(C)(C)C)c(O)c(C(C)(C)C)c2)cc(C(C)(C)C)c1O.Cc1c(Cc2cc(C(C)(C)C)c(O)c(C(C)(C)C)c2)c(C)c(Cc2cc(C(C)(C)C)c(OC(=O)C(CCCCCC(C)C)SCc3cc(C(C)(C)C)c(O)c(C(C)(C)C)c3)c(C(C)(C)C)c2)c(C)c1Cc1cc(C(C)(C)C)c(O)c(C(C)(C)C)c1. The molecule has 0 bridgehead atoms. The van der Waals surface area contributed by atoms with Gasteiger partial charge in [0.2, 0.25) is 0 Å². The van der Waals surface area contributed by atoms with Crippen LogP contribution < -0.4 is 4.74 Å². The highest BCUT2D eigenvalue weighted by Gasteiger charge is 2.37. The Hall–Kier alpha value is -6.29. The maximum atomic E-state index is 15.3. The van der Waals surface area contributed by atoms with Crippen LogP contribution in [0.25, 0.3) is 0 Å². The minimum Gasteiger partial charge on any atom is -0.507 e. The number of phenols is 5. The molecule has 118 heavy (non-hydrogen) atoms. The average Bonchev–Trinajstić information content (AvgIpc) is 0.751. The summed E-state index contributed by atoms with van der Waals surface area (Å²) in [4.78, 5) is 15.3. The second-order valence-electron chi connectivity index (χ2n) is 47.8. The van der Waals surface area contributed by atoms with E-state index in [0.29, 0.717) is 65.4 Å². The molecule has 7 nitrogen and oxygen atoms in total. The van der Waals surface area contributed by atoms with Gasteiger partial charge in [-0.1, -0.05) is 362 Å². The smallest absolute Gasteiger partial charge is 0.324 e. The summed E-state index contributed by atoms with van der Waals surface area (Å²) in [5, 5.41) is 57.0. The van der Waals surface area contributed by atoms with Crippen molar-refractivity contribution in [2.75, 3.05) is 0 Å². The fraction of sp³-hybridized carbons (Fsp3) is 0.606. The van der Waals surface area contributed by atoms with Crippen LogP contribution in [0.5, 0.6) is 34.5 Å². The van der Waals surface area contributed by atoms with Crippen LogP contribution >= 0.6 is 23.5 Å². The Balaban J connectivity index is 0.000000544. The molecule has 5 N–H and O–H groups in total. The average molecular weight is 1650 g/mol. The van der Waals surface area contributed by atoms with Crippen molar-refractivity contribution in [1.29, 1.82) is 0 Å². The van der Waals surface area contributed by atoms with E-state index in [-0.39, 0.29) is 76.2 Å². The molecular weight excluding hydrogens is 1490 g/mol. The lowest BCUT2D eigenvalue weighted by molar-refractivity contribution is -0.134. The summed E-state index contributed by atoms with van der Waals surface area (Å²) in [6.07, 6.45) is 7.13. The monoisotopic (exact) mass is 1650 g/mol. The van der Waals surface area contributed by atoms with E-state index >= 15 is 4.79 Å². The molecule has 7 aromatic carbocycles. The highest BCUT2D eigenvalue weighted by Crippen LogP contribution is 2.50. The Labute approximate surface area is 729 Å². The Bertz CT molecular complexity index is 4290. The molecule has 0 spiro atoms. The van der Waals surface area contributed by atoms with Gasteiger partial charge in [0, 0.05) is 28.4 Å². The van der Waals surface area contributed by atoms with Crippen LogP contribution in [-0.4, -0.2) is 36.8 Å². The molecule has 0 aromatic heterocycles. The van der Waals surface area contributed by atoms with E-state index in [1.54, 1.807) is 11.8 Å². The Morgan fingerprint density at radius 1 is 0.288 bits per heavy atom.